The van der Waals surface area contributed by atoms with Crippen molar-refractivity contribution in [2.24, 2.45) is 0 Å². The van der Waals surface area contributed by atoms with Crippen molar-refractivity contribution in [3.05, 3.63) is 64.0 Å². The van der Waals surface area contributed by atoms with E-state index >= 15 is 0 Å². The Balaban J connectivity index is 2.11. The smallest absolute Gasteiger partial charge is 0.270 e. The van der Waals surface area contributed by atoms with Gasteiger partial charge in [0.2, 0.25) is 0 Å². The van der Waals surface area contributed by atoms with Gasteiger partial charge in [0.25, 0.3) is 5.69 Å². The van der Waals surface area contributed by atoms with E-state index in [1.807, 2.05) is 19.1 Å². The minimum Gasteiger partial charge on any atom is -0.496 e. The molecule has 0 spiro atoms. The monoisotopic (exact) mass is 287 g/mol. The Bertz CT molecular complexity index is 617. The fourth-order valence-electron chi connectivity index (χ4n) is 2.03. The van der Waals surface area contributed by atoms with Crippen molar-refractivity contribution < 1.29 is 9.66 Å². The second-order valence-electron chi connectivity index (χ2n) is 4.64. The number of nitrogens with one attached hydrogen (secondary N) is 1. The van der Waals surface area contributed by atoms with Crippen LogP contribution in [0.2, 0.25) is 0 Å². The molecule has 2 rings (SSSR count). The lowest BCUT2D eigenvalue weighted by Gasteiger charge is -2.15. The molecule has 0 saturated carbocycles. The number of nitrogens with zero attached hydrogens (tertiary/aromatic N) is 2. The van der Waals surface area contributed by atoms with Crippen molar-refractivity contribution in [1.82, 2.24) is 10.3 Å². The summed E-state index contributed by atoms with van der Waals surface area (Å²) < 4.78 is 5.24. The van der Waals surface area contributed by atoms with Crippen LogP contribution in [0.4, 0.5) is 5.69 Å². The summed E-state index contributed by atoms with van der Waals surface area (Å²) in [6.45, 7) is 2.49. The van der Waals surface area contributed by atoms with Gasteiger partial charge in [0.1, 0.15) is 5.75 Å². The Kier molecular flexibility index (Phi) is 4.84. The van der Waals surface area contributed by atoms with Gasteiger partial charge in [0, 0.05) is 42.7 Å². The van der Waals surface area contributed by atoms with Crippen LogP contribution in [0.15, 0.2) is 42.7 Å². The molecular formula is C15H17N3O3. The maximum Gasteiger partial charge on any atom is 0.270 e. The molecule has 0 unspecified atom stereocenters. The average Bonchev–Trinajstić information content (AvgIpc) is 2.53. The number of ether oxygens (including phenoxy) is 1. The van der Waals surface area contributed by atoms with E-state index in [0.29, 0.717) is 12.3 Å². The third-order valence-corrected chi connectivity index (χ3v) is 3.26. The van der Waals surface area contributed by atoms with Crippen LogP contribution < -0.4 is 10.1 Å². The molecule has 0 aliphatic rings. The first-order valence-corrected chi connectivity index (χ1v) is 6.56. The first-order chi connectivity index (χ1) is 10.1. The van der Waals surface area contributed by atoms with Gasteiger partial charge in [-0.2, -0.15) is 0 Å². The first-order valence-electron chi connectivity index (χ1n) is 6.56. The maximum atomic E-state index is 10.8. The molecule has 6 nitrogen and oxygen atoms in total. The van der Waals surface area contributed by atoms with Crippen molar-refractivity contribution in [1.29, 1.82) is 0 Å². The fraction of sp³-hybridized carbons (Fsp3) is 0.267. The summed E-state index contributed by atoms with van der Waals surface area (Å²) >= 11 is 0. The van der Waals surface area contributed by atoms with Crippen LogP contribution in [0.5, 0.6) is 5.75 Å². The molecule has 110 valence electrons. The van der Waals surface area contributed by atoms with Gasteiger partial charge in [0.05, 0.1) is 12.0 Å². The van der Waals surface area contributed by atoms with Crippen molar-refractivity contribution in [3.63, 3.8) is 0 Å². The summed E-state index contributed by atoms with van der Waals surface area (Å²) in [6, 6.07) is 8.53. The number of rotatable bonds is 6. The Morgan fingerprint density at radius 2 is 2.24 bits per heavy atom. The Morgan fingerprint density at radius 3 is 2.86 bits per heavy atom. The summed E-state index contributed by atoms with van der Waals surface area (Å²) in [5, 5.41) is 14.2. The molecule has 0 amide bonds. The van der Waals surface area contributed by atoms with Gasteiger partial charge in [0.15, 0.2) is 0 Å². The zero-order valence-electron chi connectivity index (χ0n) is 11.9. The highest BCUT2D eigenvalue weighted by Crippen LogP contribution is 2.24. The largest absolute Gasteiger partial charge is 0.496 e. The van der Waals surface area contributed by atoms with Crippen LogP contribution in [0.1, 0.15) is 24.1 Å². The molecule has 1 aromatic carbocycles. The van der Waals surface area contributed by atoms with Crippen molar-refractivity contribution >= 4 is 5.69 Å². The molecule has 0 bridgehead atoms. The number of benzene rings is 1. The molecule has 6 heteroatoms. The molecular weight excluding hydrogens is 270 g/mol. The first kappa shape index (κ1) is 14.9. The van der Waals surface area contributed by atoms with E-state index in [0.717, 1.165) is 11.1 Å². The van der Waals surface area contributed by atoms with Crippen molar-refractivity contribution in [2.45, 2.75) is 19.5 Å². The van der Waals surface area contributed by atoms with Gasteiger partial charge in [-0.3, -0.25) is 15.1 Å². The van der Waals surface area contributed by atoms with E-state index in [1.165, 1.54) is 12.1 Å². The molecule has 0 saturated heterocycles. The lowest BCUT2D eigenvalue weighted by Crippen LogP contribution is -2.18. The zero-order valence-corrected chi connectivity index (χ0v) is 11.9. The summed E-state index contributed by atoms with van der Waals surface area (Å²) in [4.78, 5) is 14.5. The number of non-ortho nitro benzene ring substituents is 1. The van der Waals surface area contributed by atoms with E-state index < -0.39 is 4.92 Å². The zero-order chi connectivity index (χ0) is 15.2. The summed E-state index contributed by atoms with van der Waals surface area (Å²) in [7, 11) is 1.55. The third kappa shape index (κ3) is 3.76. The average molecular weight is 287 g/mol. The van der Waals surface area contributed by atoms with Crippen LogP contribution in [-0.4, -0.2) is 17.0 Å². The molecule has 0 fully saturated rings. The van der Waals surface area contributed by atoms with Gasteiger partial charge in [-0.15, -0.1) is 0 Å². The summed E-state index contributed by atoms with van der Waals surface area (Å²) in [5.41, 5.74) is 1.87. The molecule has 21 heavy (non-hydrogen) atoms. The van der Waals surface area contributed by atoms with E-state index in [1.54, 1.807) is 25.6 Å². The normalized spacial score (nSPS) is 11.9. The van der Waals surface area contributed by atoms with Gasteiger partial charge < -0.3 is 10.1 Å². The van der Waals surface area contributed by atoms with Gasteiger partial charge in [-0.1, -0.05) is 6.07 Å². The number of pyridine rings is 1. The van der Waals surface area contributed by atoms with Crippen LogP contribution in [0.25, 0.3) is 0 Å². The predicted molar refractivity (Wildman–Crippen MR) is 79.1 cm³/mol. The molecule has 0 radical (unpaired) electrons. The minimum atomic E-state index is -0.409. The van der Waals surface area contributed by atoms with E-state index in [9.17, 15) is 10.1 Å². The molecule has 1 aromatic heterocycles. The van der Waals surface area contributed by atoms with E-state index in [-0.39, 0.29) is 11.7 Å². The Morgan fingerprint density at radius 1 is 1.43 bits per heavy atom. The molecule has 1 heterocycles. The van der Waals surface area contributed by atoms with Crippen LogP contribution in [-0.2, 0) is 6.54 Å². The number of hydrogen-bond acceptors (Lipinski definition) is 5. The highest BCUT2D eigenvalue weighted by atomic mass is 16.6. The fourth-order valence-corrected chi connectivity index (χ4v) is 2.03. The minimum absolute atomic E-state index is 0.0571. The van der Waals surface area contributed by atoms with Crippen LogP contribution in [0.3, 0.4) is 0 Å². The van der Waals surface area contributed by atoms with Crippen LogP contribution in [0, 0.1) is 10.1 Å². The second kappa shape index (κ2) is 6.81. The standard InChI is InChI=1S/C15H17N3O3/c1-11(12-4-3-7-16-9-12)17-10-13-8-14(18(19)20)5-6-15(13)21-2/h3-9,11,17H,10H2,1-2H3/t11-/m0/s1. The van der Waals surface area contributed by atoms with Crippen molar-refractivity contribution in [3.8, 4) is 5.75 Å². The quantitative estimate of drug-likeness (QED) is 0.653. The molecule has 0 aliphatic carbocycles. The van der Waals surface area contributed by atoms with Crippen LogP contribution >= 0.6 is 0 Å². The van der Waals surface area contributed by atoms with Gasteiger partial charge in [-0.25, -0.2) is 0 Å². The number of nitro benzene ring substituents is 1. The predicted octanol–water partition coefficient (Wildman–Crippen LogP) is 2.85. The summed E-state index contributed by atoms with van der Waals surface area (Å²) in [5.74, 6) is 0.631. The van der Waals surface area contributed by atoms with E-state index in [2.05, 4.69) is 10.3 Å². The van der Waals surface area contributed by atoms with Gasteiger partial charge in [-0.05, 0) is 24.6 Å². The summed E-state index contributed by atoms with van der Waals surface area (Å²) in [6.07, 6.45) is 3.52. The number of methoxy groups -OCH3 is 1. The Labute approximate surface area is 122 Å². The Hall–Kier alpha value is -2.47. The third-order valence-electron chi connectivity index (χ3n) is 3.26. The number of nitro groups is 1. The SMILES string of the molecule is COc1ccc([N+](=O)[O-])cc1CN[C@@H](C)c1cccnc1. The van der Waals surface area contributed by atoms with Crippen molar-refractivity contribution in [2.75, 3.05) is 7.11 Å². The molecule has 1 N–H and O–H groups in total. The van der Waals surface area contributed by atoms with Gasteiger partial charge >= 0.3 is 0 Å². The molecule has 1 atom stereocenters. The molecule has 0 aliphatic heterocycles. The highest BCUT2D eigenvalue weighted by molar-refractivity contribution is 5.43. The number of aromatic nitrogens is 1. The lowest BCUT2D eigenvalue weighted by atomic mass is 10.1. The number of hydrogen-bond donors (Lipinski definition) is 1. The maximum absolute atomic E-state index is 10.8. The second-order valence-corrected chi connectivity index (χ2v) is 4.64. The highest BCUT2D eigenvalue weighted by Gasteiger charge is 2.12. The van der Waals surface area contributed by atoms with E-state index in [4.69, 9.17) is 4.74 Å². The lowest BCUT2D eigenvalue weighted by molar-refractivity contribution is -0.384. The molecule has 2 aromatic rings. The topological polar surface area (TPSA) is 77.3 Å².